The van der Waals surface area contributed by atoms with Crippen LogP contribution in [0.1, 0.15) is 34.5 Å². The lowest BCUT2D eigenvalue weighted by molar-refractivity contribution is -0.131. The van der Waals surface area contributed by atoms with Crippen LogP contribution in [0, 0.1) is 12.7 Å². The van der Waals surface area contributed by atoms with Crippen molar-refractivity contribution in [2.75, 3.05) is 51.3 Å². The van der Waals surface area contributed by atoms with Crippen LogP contribution in [-0.2, 0) is 11.3 Å². The van der Waals surface area contributed by atoms with E-state index in [9.17, 15) is 9.59 Å². The number of halogens is 1. The molecule has 6 aromatic rings. The fraction of sp³-hybridized carbons (Fsp3) is 0.289. The lowest BCUT2D eigenvalue weighted by atomic mass is 9.93. The van der Waals surface area contributed by atoms with Gasteiger partial charge in [0.2, 0.25) is 5.91 Å². The zero-order valence-electron chi connectivity index (χ0n) is 28.5. The Hall–Kier alpha value is -5.98. The van der Waals surface area contributed by atoms with Gasteiger partial charge in [-0.1, -0.05) is 29.5 Å². The first-order valence-electron chi connectivity index (χ1n) is 17.2. The Morgan fingerprint density at radius 3 is 2.59 bits per heavy atom. The van der Waals surface area contributed by atoms with E-state index in [0.717, 1.165) is 27.9 Å². The number of ether oxygens (including phenoxy) is 1. The number of hydrogen-bond acceptors (Lipinski definition) is 7. The largest absolute Gasteiger partial charge is 0.496 e. The number of H-pyrrole nitrogens is 1. The van der Waals surface area contributed by atoms with Gasteiger partial charge in [-0.2, -0.15) is 5.10 Å². The molecule has 0 aliphatic carbocycles. The molecule has 6 heterocycles. The summed E-state index contributed by atoms with van der Waals surface area (Å²) in [6.45, 7) is 5.68. The Kier molecular flexibility index (Phi) is 8.46. The molecule has 0 atom stereocenters. The Balaban J connectivity index is 1.09. The molecule has 2 aromatic carbocycles. The van der Waals surface area contributed by atoms with Crippen molar-refractivity contribution in [1.29, 1.82) is 0 Å². The number of amides is 2. The summed E-state index contributed by atoms with van der Waals surface area (Å²) in [4.78, 5) is 36.3. The molecule has 12 nitrogen and oxygen atoms in total. The molecule has 8 rings (SSSR count). The number of aryl methyl sites for hydroxylation is 2. The van der Waals surface area contributed by atoms with Crippen molar-refractivity contribution in [1.82, 2.24) is 39.4 Å². The zero-order valence-corrected chi connectivity index (χ0v) is 28.5. The van der Waals surface area contributed by atoms with Crippen LogP contribution in [0.4, 0.5) is 10.1 Å². The molecule has 0 saturated carbocycles. The van der Waals surface area contributed by atoms with Crippen LogP contribution in [-0.4, -0.2) is 97.6 Å². The van der Waals surface area contributed by atoms with Crippen molar-refractivity contribution < 1.29 is 18.7 Å². The van der Waals surface area contributed by atoms with Crippen molar-refractivity contribution in [3.05, 3.63) is 102 Å². The fourth-order valence-corrected chi connectivity index (χ4v) is 7.37. The first-order chi connectivity index (χ1) is 24.9. The van der Waals surface area contributed by atoms with E-state index in [0.29, 0.717) is 73.7 Å². The summed E-state index contributed by atoms with van der Waals surface area (Å²) in [5.74, 6) is -0.0434. The molecule has 0 spiro atoms. The van der Waals surface area contributed by atoms with Gasteiger partial charge in [0.05, 0.1) is 42.8 Å². The molecule has 13 heteroatoms. The molecule has 1 fully saturated rings. The van der Waals surface area contributed by atoms with E-state index >= 15 is 4.39 Å². The fourth-order valence-electron chi connectivity index (χ4n) is 7.37. The third kappa shape index (κ3) is 5.98. The number of aromatic nitrogens is 6. The number of methoxy groups -OCH3 is 1. The van der Waals surface area contributed by atoms with Gasteiger partial charge >= 0.3 is 0 Å². The van der Waals surface area contributed by atoms with E-state index in [1.807, 2.05) is 58.1 Å². The van der Waals surface area contributed by atoms with Crippen LogP contribution in [0.3, 0.4) is 0 Å². The van der Waals surface area contributed by atoms with Gasteiger partial charge in [-0.05, 0) is 60.4 Å². The van der Waals surface area contributed by atoms with E-state index in [2.05, 4.69) is 38.3 Å². The average molecular weight is 688 g/mol. The molecule has 0 radical (unpaired) electrons. The van der Waals surface area contributed by atoms with Crippen molar-refractivity contribution >= 4 is 39.5 Å². The number of piperazine rings is 1. The number of anilines is 1. The lowest BCUT2D eigenvalue weighted by Gasteiger charge is -2.36. The maximum atomic E-state index is 16.7. The molecule has 0 bridgehead atoms. The minimum absolute atomic E-state index is 0.0348. The second-order valence-corrected chi connectivity index (χ2v) is 13.0. The maximum absolute atomic E-state index is 16.7. The van der Waals surface area contributed by atoms with E-state index in [1.165, 1.54) is 0 Å². The van der Waals surface area contributed by atoms with Gasteiger partial charge in [0.25, 0.3) is 5.91 Å². The normalized spacial score (nSPS) is 15.1. The van der Waals surface area contributed by atoms with Gasteiger partial charge in [-0.25, -0.2) is 8.91 Å². The molecule has 260 valence electrons. The minimum atomic E-state index is -0.458. The van der Waals surface area contributed by atoms with E-state index in [1.54, 1.807) is 41.3 Å². The topological polar surface area (TPSA) is 117 Å². The van der Waals surface area contributed by atoms with Gasteiger partial charge in [-0.15, -0.1) is 5.10 Å². The van der Waals surface area contributed by atoms with Gasteiger partial charge in [0, 0.05) is 74.6 Å². The van der Waals surface area contributed by atoms with E-state index in [4.69, 9.17) is 4.74 Å². The number of rotatable bonds is 8. The number of para-hydroxylation sites is 1. The third-order valence-corrected chi connectivity index (χ3v) is 9.99. The van der Waals surface area contributed by atoms with Crippen molar-refractivity contribution in [3.8, 4) is 16.9 Å². The summed E-state index contributed by atoms with van der Waals surface area (Å²) < 4.78 is 25.9. The Labute approximate surface area is 293 Å². The standard InChI is InChI=1S/C38H38FN9O3/c1-25-10-16-48-32(9-12-41-48)37(25)44-18-20-45(21-19-44)38(50)31-23-30-29(27-7-3-4-8-33(27)51-2)22-28(35(39)36(30)42-31)26-6-5-14-46(24-26)34(49)11-15-47-17-13-40-43-47/h3-4,6-10,12-13,16-17,22-23,42H,5,11,14-15,18-21,24H2,1-2H3. The SMILES string of the molecule is COc1ccccc1-c1cc(C2=CCCN(C(=O)CCn3ccnn3)C2)c(F)c2[nH]c(C(=O)N3CCN(c4c(C)ccn5nccc45)CC3)cc12. The van der Waals surface area contributed by atoms with E-state index in [-0.39, 0.29) is 30.3 Å². The van der Waals surface area contributed by atoms with Crippen LogP contribution in [0.5, 0.6) is 5.75 Å². The molecule has 2 aliphatic heterocycles. The molecule has 1 saturated heterocycles. The second-order valence-electron chi connectivity index (χ2n) is 13.0. The molecular formula is C38H38FN9O3. The smallest absolute Gasteiger partial charge is 0.270 e. The van der Waals surface area contributed by atoms with Crippen molar-refractivity contribution in [2.45, 2.75) is 26.3 Å². The Morgan fingerprint density at radius 1 is 0.941 bits per heavy atom. The van der Waals surface area contributed by atoms with Crippen LogP contribution < -0.4 is 9.64 Å². The third-order valence-electron chi connectivity index (χ3n) is 9.99. The lowest BCUT2D eigenvalue weighted by Crippen LogP contribution is -2.49. The number of fused-ring (bicyclic) bond motifs is 2. The van der Waals surface area contributed by atoms with Crippen LogP contribution in [0.2, 0.25) is 0 Å². The number of hydrogen-bond donors (Lipinski definition) is 1. The number of nitrogens with zero attached hydrogens (tertiary/aromatic N) is 8. The van der Waals surface area contributed by atoms with Crippen LogP contribution in [0.15, 0.2) is 79.4 Å². The van der Waals surface area contributed by atoms with Gasteiger partial charge in [-0.3, -0.25) is 14.3 Å². The number of carbonyl (C=O) groups excluding carboxylic acids is 2. The number of aromatic amines is 1. The highest BCUT2D eigenvalue weighted by molar-refractivity contribution is 6.05. The van der Waals surface area contributed by atoms with Crippen LogP contribution in [0.25, 0.3) is 33.1 Å². The highest BCUT2D eigenvalue weighted by Gasteiger charge is 2.29. The summed E-state index contributed by atoms with van der Waals surface area (Å²) in [5.41, 5.74) is 6.49. The Morgan fingerprint density at radius 2 is 1.78 bits per heavy atom. The zero-order chi connectivity index (χ0) is 35.1. The summed E-state index contributed by atoms with van der Waals surface area (Å²) in [6, 6.07) is 15.2. The molecule has 51 heavy (non-hydrogen) atoms. The van der Waals surface area contributed by atoms with E-state index < -0.39 is 5.82 Å². The molecule has 2 amide bonds. The molecule has 4 aromatic heterocycles. The summed E-state index contributed by atoms with van der Waals surface area (Å²) in [5, 5.41) is 12.7. The number of benzene rings is 2. The minimum Gasteiger partial charge on any atom is -0.496 e. The quantitative estimate of drug-likeness (QED) is 0.234. The molecule has 2 aliphatic rings. The second kappa shape index (κ2) is 13.4. The first kappa shape index (κ1) is 32.2. The summed E-state index contributed by atoms with van der Waals surface area (Å²) in [7, 11) is 1.60. The van der Waals surface area contributed by atoms with Gasteiger partial charge < -0.3 is 24.4 Å². The van der Waals surface area contributed by atoms with Crippen molar-refractivity contribution in [3.63, 3.8) is 0 Å². The highest BCUT2D eigenvalue weighted by atomic mass is 19.1. The number of carbonyl (C=O) groups is 2. The van der Waals surface area contributed by atoms with Crippen LogP contribution >= 0.6 is 0 Å². The predicted octanol–water partition coefficient (Wildman–Crippen LogP) is 5.20. The number of nitrogens with one attached hydrogen (secondary N) is 1. The monoisotopic (exact) mass is 687 g/mol. The highest BCUT2D eigenvalue weighted by Crippen LogP contribution is 2.40. The molecule has 1 N–H and O–H groups in total. The molecular weight excluding hydrogens is 649 g/mol. The van der Waals surface area contributed by atoms with Gasteiger partial charge in [0.1, 0.15) is 11.4 Å². The maximum Gasteiger partial charge on any atom is 0.270 e. The van der Waals surface area contributed by atoms with Crippen molar-refractivity contribution in [2.24, 2.45) is 0 Å². The predicted molar refractivity (Wildman–Crippen MR) is 192 cm³/mol. The Bertz CT molecular complexity index is 2280. The van der Waals surface area contributed by atoms with Gasteiger partial charge in [0.15, 0.2) is 5.82 Å². The summed E-state index contributed by atoms with van der Waals surface area (Å²) >= 11 is 0. The number of pyridine rings is 1. The first-order valence-corrected chi connectivity index (χ1v) is 17.2. The average Bonchev–Trinajstić information content (AvgIpc) is 3.96. The summed E-state index contributed by atoms with van der Waals surface area (Å²) in [6.07, 6.45) is 9.91. The molecule has 0 unspecified atom stereocenters.